The van der Waals surface area contributed by atoms with E-state index in [1.807, 2.05) is 30.3 Å². The first-order valence-corrected chi connectivity index (χ1v) is 18.8. The van der Waals surface area contributed by atoms with E-state index >= 15 is 0 Å². The zero-order valence-corrected chi connectivity index (χ0v) is 29.6. The summed E-state index contributed by atoms with van der Waals surface area (Å²) in [5.74, 6) is 0.147. The van der Waals surface area contributed by atoms with Gasteiger partial charge in [0.05, 0.1) is 42.5 Å². The number of halogens is 1. The number of piperidine rings is 1. The van der Waals surface area contributed by atoms with E-state index in [2.05, 4.69) is 4.90 Å². The molecule has 264 valence electrons. The molecule has 3 aliphatic heterocycles. The molecule has 1 unspecified atom stereocenters. The van der Waals surface area contributed by atoms with Crippen LogP contribution < -0.4 is 9.04 Å². The van der Waals surface area contributed by atoms with Crippen molar-refractivity contribution in [2.45, 2.75) is 68.9 Å². The Hall–Kier alpha value is -3.51. The van der Waals surface area contributed by atoms with Gasteiger partial charge in [-0.2, -0.15) is 0 Å². The van der Waals surface area contributed by atoms with Crippen LogP contribution in [0.3, 0.4) is 0 Å². The monoisotopic (exact) mass is 693 g/mol. The van der Waals surface area contributed by atoms with Gasteiger partial charge in [-0.3, -0.25) is 9.10 Å². The number of fused-ring (bicyclic) bond motifs is 1. The SMILES string of the molecule is COc1cc(C)c(S(=O)(=O)N2c3ccccc3CCC2COCC(=O)N2CCC(OCCN3CCCC3)(c3cccc(F)c3)CC2)c(C)c1. The highest BCUT2D eigenvalue weighted by atomic mass is 32.2. The second-order valence-electron chi connectivity index (χ2n) is 13.5. The molecule has 3 aromatic carbocycles. The van der Waals surface area contributed by atoms with Gasteiger partial charge in [0, 0.05) is 19.6 Å². The maximum Gasteiger partial charge on any atom is 0.265 e. The van der Waals surface area contributed by atoms with Crippen molar-refractivity contribution >= 4 is 21.6 Å². The molecule has 3 aliphatic rings. The Kier molecular flexibility index (Phi) is 10.9. The molecule has 0 radical (unpaired) electrons. The Bertz CT molecular complexity index is 1710. The minimum Gasteiger partial charge on any atom is -0.497 e. The van der Waals surface area contributed by atoms with Crippen molar-refractivity contribution in [1.82, 2.24) is 9.80 Å². The number of aryl methyl sites for hydroxylation is 3. The van der Waals surface area contributed by atoms with Gasteiger partial charge in [-0.1, -0.05) is 30.3 Å². The Morgan fingerprint density at radius 3 is 2.37 bits per heavy atom. The van der Waals surface area contributed by atoms with Crippen LogP contribution in [-0.2, 0) is 36.3 Å². The lowest BCUT2D eigenvalue weighted by molar-refractivity contribution is -0.144. The zero-order chi connectivity index (χ0) is 34.6. The molecule has 1 amide bonds. The highest BCUT2D eigenvalue weighted by Crippen LogP contribution is 2.39. The number of ether oxygens (including phenoxy) is 3. The van der Waals surface area contributed by atoms with Crippen molar-refractivity contribution in [1.29, 1.82) is 0 Å². The second-order valence-corrected chi connectivity index (χ2v) is 15.3. The summed E-state index contributed by atoms with van der Waals surface area (Å²) in [6, 6.07) is 17.2. The van der Waals surface area contributed by atoms with E-state index in [0.29, 0.717) is 67.9 Å². The molecule has 6 rings (SSSR count). The van der Waals surface area contributed by atoms with Crippen LogP contribution in [0.15, 0.2) is 65.6 Å². The van der Waals surface area contributed by atoms with Crippen molar-refractivity contribution in [3.8, 4) is 5.75 Å². The Balaban J connectivity index is 1.12. The summed E-state index contributed by atoms with van der Waals surface area (Å²) in [6.45, 7) is 7.93. The van der Waals surface area contributed by atoms with Gasteiger partial charge in [-0.05, 0) is 118 Å². The third-order valence-electron chi connectivity index (χ3n) is 10.3. The fourth-order valence-electron chi connectivity index (χ4n) is 7.74. The normalized spacial score (nSPS) is 19.6. The van der Waals surface area contributed by atoms with Crippen molar-refractivity contribution in [2.24, 2.45) is 0 Å². The van der Waals surface area contributed by atoms with E-state index in [1.165, 1.54) is 23.2 Å². The first-order chi connectivity index (χ1) is 23.6. The minimum atomic E-state index is -3.98. The Morgan fingerprint density at radius 1 is 0.959 bits per heavy atom. The van der Waals surface area contributed by atoms with Gasteiger partial charge < -0.3 is 24.0 Å². The summed E-state index contributed by atoms with van der Waals surface area (Å²) in [5, 5.41) is 0. The number of amides is 1. The van der Waals surface area contributed by atoms with Gasteiger partial charge in [0.25, 0.3) is 10.0 Å². The first-order valence-electron chi connectivity index (χ1n) is 17.4. The average molecular weight is 694 g/mol. The van der Waals surface area contributed by atoms with Gasteiger partial charge in [-0.15, -0.1) is 0 Å². The highest BCUT2D eigenvalue weighted by molar-refractivity contribution is 7.93. The lowest BCUT2D eigenvalue weighted by Crippen LogP contribution is -2.49. The van der Waals surface area contributed by atoms with Crippen molar-refractivity contribution in [2.75, 3.05) is 64.0 Å². The molecule has 0 aromatic heterocycles. The van der Waals surface area contributed by atoms with Gasteiger partial charge in [-0.25, -0.2) is 12.8 Å². The molecule has 0 N–H and O–H groups in total. The van der Waals surface area contributed by atoms with Crippen LogP contribution in [0.1, 0.15) is 54.4 Å². The lowest BCUT2D eigenvalue weighted by atomic mass is 9.84. The summed E-state index contributed by atoms with van der Waals surface area (Å²) < 4.78 is 62.6. The minimum absolute atomic E-state index is 0.0776. The molecule has 3 aromatic rings. The number of para-hydroxylation sites is 1. The molecule has 49 heavy (non-hydrogen) atoms. The van der Waals surface area contributed by atoms with Crippen LogP contribution in [-0.4, -0.2) is 89.8 Å². The summed E-state index contributed by atoms with van der Waals surface area (Å²) in [7, 11) is -2.42. The number of methoxy groups -OCH3 is 1. The fraction of sp³-hybridized carbons (Fsp3) is 0.500. The molecule has 1 atom stereocenters. The number of likely N-dealkylation sites (tertiary alicyclic amines) is 2. The van der Waals surface area contributed by atoms with E-state index in [-0.39, 0.29) is 29.8 Å². The number of carbonyl (C=O) groups excluding carboxylic acids is 1. The molecular formula is C38H48FN3O6S. The molecule has 0 bridgehead atoms. The van der Waals surface area contributed by atoms with Crippen LogP contribution in [0, 0.1) is 19.7 Å². The number of hydrogen-bond donors (Lipinski definition) is 0. The van der Waals surface area contributed by atoms with Crippen LogP contribution >= 0.6 is 0 Å². The number of sulfonamides is 1. The largest absolute Gasteiger partial charge is 0.497 e. The third kappa shape index (κ3) is 7.65. The van der Waals surface area contributed by atoms with E-state index in [0.717, 1.165) is 30.8 Å². The van der Waals surface area contributed by atoms with Gasteiger partial charge in [0.15, 0.2) is 0 Å². The molecular weight excluding hydrogens is 645 g/mol. The second kappa shape index (κ2) is 15.2. The van der Waals surface area contributed by atoms with Crippen LogP contribution in [0.5, 0.6) is 5.75 Å². The lowest BCUT2D eigenvalue weighted by Gasteiger charge is -2.42. The molecule has 0 saturated carbocycles. The van der Waals surface area contributed by atoms with Gasteiger partial charge in [0.1, 0.15) is 18.2 Å². The average Bonchev–Trinajstić information content (AvgIpc) is 3.61. The van der Waals surface area contributed by atoms with Crippen molar-refractivity contribution in [3.63, 3.8) is 0 Å². The number of carbonyl (C=O) groups is 1. The molecule has 3 heterocycles. The summed E-state index contributed by atoms with van der Waals surface area (Å²) in [4.78, 5) is 17.8. The van der Waals surface area contributed by atoms with Gasteiger partial charge >= 0.3 is 0 Å². The quantitative estimate of drug-likeness (QED) is 0.244. The summed E-state index contributed by atoms with van der Waals surface area (Å²) in [5.41, 5.74) is 2.95. The van der Waals surface area contributed by atoms with Crippen LogP contribution in [0.4, 0.5) is 10.1 Å². The summed E-state index contributed by atoms with van der Waals surface area (Å²) >= 11 is 0. The predicted octanol–water partition coefficient (Wildman–Crippen LogP) is 5.61. The topological polar surface area (TPSA) is 88.6 Å². The van der Waals surface area contributed by atoms with Crippen LogP contribution in [0.25, 0.3) is 0 Å². The fourth-order valence-corrected chi connectivity index (χ4v) is 9.86. The van der Waals surface area contributed by atoms with Crippen LogP contribution in [0.2, 0.25) is 0 Å². The maximum absolute atomic E-state index is 14.4. The third-order valence-corrected chi connectivity index (χ3v) is 12.5. The molecule has 9 nitrogen and oxygen atoms in total. The molecule has 0 aliphatic carbocycles. The zero-order valence-electron chi connectivity index (χ0n) is 28.8. The van der Waals surface area contributed by atoms with Gasteiger partial charge in [0.2, 0.25) is 5.91 Å². The Labute approximate surface area is 290 Å². The predicted molar refractivity (Wildman–Crippen MR) is 187 cm³/mol. The van der Waals surface area contributed by atoms with E-state index in [9.17, 15) is 17.6 Å². The van der Waals surface area contributed by atoms with E-state index in [1.54, 1.807) is 50.1 Å². The van der Waals surface area contributed by atoms with E-state index in [4.69, 9.17) is 14.2 Å². The van der Waals surface area contributed by atoms with Crippen molar-refractivity contribution in [3.05, 3.63) is 88.7 Å². The summed E-state index contributed by atoms with van der Waals surface area (Å²) in [6.07, 6.45) is 4.78. The number of rotatable bonds is 12. The number of nitrogens with zero attached hydrogens (tertiary/aromatic N) is 3. The highest BCUT2D eigenvalue weighted by Gasteiger charge is 2.40. The molecule has 2 saturated heterocycles. The van der Waals surface area contributed by atoms with Crippen molar-refractivity contribution < 1.29 is 31.8 Å². The molecule has 0 spiro atoms. The standard InChI is InChI=1S/C38H48FN3O6S/c1-28-23-34(46-3)24-29(2)37(28)49(44,45)42-33(14-13-30-9-4-5-12-35(30)42)26-47-27-36(43)41-19-15-38(16-20-41,31-10-8-11-32(39)25-31)48-22-21-40-17-6-7-18-40/h4-5,8-12,23-25,33H,6-7,13-22,26-27H2,1-3H3. The first kappa shape index (κ1) is 35.3. The number of hydrogen-bond acceptors (Lipinski definition) is 7. The molecule has 11 heteroatoms. The number of benzene rings is 3. The Morgan fingerprint density at radius 2 is 1.67 bits per heavy atom. The maximum atomic E-state index is 14.4. The molecule has 2 fully saturated rings. The smallest absolute Gasteiger partial charge is 0.265 e. The van der Waals surface area contributed by atoms with E-state index < -0.39 is 21.7 Å². The number of anilines is 1.